The summed E-state index contributed by atoms with van der Waals surface area (Å²) in [6, 6.07) is 64.3. The van der Waals surface area contributed by atoms with Gasteiger partial charge >= 0.3 is 0 Å². The molecule has 234 valence electrons. The predicted molar refractivity (Wildman–Crippen MR) is 206 cm³/mol. The van der Waals surface area contributed by atoms with Crippen LogP contribution in [0, 0.1) is 0 Å². The molecule has 3 heterocycles. The van der Waals surface area contributed by atoms with E-state index in [9.17, 15) is 0 Å². The molecule has 0 spiro atoms. The predicted octanol–water partition coefficient (Wildman–Crippen LogP) is 12.0. The van der Waals surface area contributed by atoms with Crippen molar-refractivity contribution in [1.29, 1.82) is 0 Å². The van der Waals surface area contributed by atoms with Crippen LogP contribution in [0.1, 0.15) is 0 Å². The van der Waals surface area contributed by atoms with Gasteiger partial charge in [-0.05, 0) is 35.9 Å². The van der Waals surface area contributed by atoms with E-state index in [0.717, 1.165) is 56.0 Å². The lowest BCUT2D eigenvalue weighted by molar-refractivity contribution is 1.11. The van der Waals surface area contributed by atoms with Crippen LogP contribution in [0.5, 0.6) is 0 Å². The molecule has 0 atom stereocenters. The molecule has 4 heteroatoms. The van der Waals surface area contributed by atoms with Crippen LogP contribution in [0.25, 0.3) is 72.3 Å². The molecule has 0 radical (unpaired) electrons. The monoisotopic (exact) mass is 638 g/mol. The molecule has 2 aromatic heterocycles. The van der Waals surface area contributed by atoms with E-state index in [4.69, 9.17) is 9.97 Å². The molecule has 0 saturated carbocycles. The zero-order chi connectivity index (χ0) is 33.0. The summed E-state index contributed by atoms with van der Waals surface area (Å²) in [5.74, 6) is 0.633. The number of nitrogens with zero attached hydrogens (tertiary/aromatic N) is 4. The first kappa shape index (κ1) is 28.3. The summed E-state index contributed by atoms with van der Waals surface area (Å²) in [6.45, 7) is 0. The molecule has 9 aromatic rings. The Morgan fingerprint density at radius 3 is 1.72 bits per heavy atom. The highest BCUT2D eigenvalue weighted by atomic mass is 15.3. The van der Waals surface area contributed by atoms with Gasteiger partial charge in [0.1, 0.15) is 0 Å². The topological polar surface area (TPSA) is 34.0 Å². The Bertz CT molecular complexity index is 2700. The minimum Gasteiger partial charge on any atom is -0.308 e. The lowest BCUT2D eigenvalue weighted by atomic mass is 9.96. The van der Waals surface area contributed by atoms with Crippen molar-refractivity contribution in [3.8, 4) is 50.5 Å². The first-order valence-corrected chi connectivity index (χ1v) is 16.9. The molecular formula is C46H30N4. The fourth-order valence-corrected chi connectivity index (χ4v) is 7.63. The molecule has 1 aliphatic rings. The molecule has 10 rings (SSSR count). The molecule has 0 saturated heterocycles. The van der Waals surface area contributed by atoms with Gasteiger partial charge in [-0.3, -0.25) is 4.90 Å². The second-order valence-electron chi connectivity index (χ2n) is 12.6. The maximum absolute atomic E-state index is 5.39. The SMILES string of the molecule is c1ccc(-c2nc(N3c4ccccc4-c4c(n(-c5ccccc5)c5c(-c6ccccc6)cccc45)-c4ccccc43)nc3ccccc23)cc1. The van der Waals surface area contributed by atoms with Gasteiger partial charge in [-0.25, -0.2) is 9.97 Å². The van der Waals surface area contributed by atoms with Gasteiger partial charge in [-0.15, -0.1) is 0 Å². The van der Waals surface area contributed by atoms with Gasteiger partial charge in [-0.1, -0.05) is 152 Å². The second kappa shape index (κ2) is 11.4. The highest BCUT2D eigenvalue weighted by Crippen LogP contribution is 2.55. The van der Waals surface area contributed by atoms with E-state index in [1.165, 1.54) is 27.6 Å². The van der Waals surface area contributed by atoms with E-state index in [2.05, 4.69) is 179 Å². The normalized spacial score (nSPS) is 12.0. The van der Waals surface area contributed by atoms with E-state index in [-0.39, 0.29) is 0 Å². The van der Waals surface area contributed by atoms with Crippen molar-refractivity contribution in [3.63, 3.8) is 0 Å². The van der Waals surface area contributed by atoms with Crippen LogP contribution < -0.4 is 4.90 Å². The average molecular weight is 639 g/mol. The molecule has 0 amide bonds. The van der Waals surface area contributed by atoms with Crippen molar-refractivity contribution in [1.82, 2.24) is 14.5 Å². The summed E-state index contributed by atoms with van der Waals surface area (Å²) >= 11 is 0. The molecule has 0 unspecified atom stereocenters. The van der Waals surface area contributed by atoms with E-state index in [1.54, 1.807) is 0 Å². The maximum Gasteiger partial charge on any atom is 0.235 e. The van der Waals surface area contributed by atoms with Crippen LogP contribution in [0.3, 0.4) is 0 Å². The van der Waals surface area contributed by atoms with Gasteiger partial charge in [0, 0.05) is 44.3 Å². The number of anilines is 3. The lowest BCUT2D eigenvalue weighted by Crippen LogP contribution is -2.15. The van der Waals surface area contributed by atoms with Crippen molar-refractivity contribution in [2.45, 2.75) is 0 Å². The number of para-hydroxylation sites is 5. The van der Waals surface area contributed by atoms with Crippen molar-refractivity contribution < 1.29 is 0 Å². The van der Waals surface area contributed by atoms with Crippen LogP contribution in [0.15, 0.2) is 182 Å². The largest absolute Gasteiger partial charge is 0.308 e. The Balaban J connectivity index is 1.34. The van der Waals surface area contributed by atoms with Gasteiger partial charge in [0.25, 0.3) is 0 Å². The number of fused-ring (bicyclic) bond motifs is 8. The van der Waals surface area contributed by atoms with Crippen LogP contribution in [-0.4, -0.2) is 14.5 Å². The van der Waals surface area contributed by atoms with Crippen molar-refractivity contribution in [3.05, 3.63) is 182 Å². The number of aromatic nitrogens is 3. The van der Waals surface area contributed by atoms with Gasteiger partial charge < -0.3 is 4.57 Å². The number of hydrogen-bond donors (Lipinski definition) is 0. The molecule has 1 aliphatic heterocycles. The fraction of sp³-hybridized carbons (Fsp3) is 0. The van der Waals surface area contributed by atoms with E-state index in [0.29, 0.717) is 5.95 Å². The zero-order valence-corrected chi connectivity index (χ0v) is 27.1. The zero-order valence-electron chi connectivity index (χ0n) is 27.1. The van der Waals surface area contributed by atoms with E-state index < -0.39 is 0 Å². The maximum atomic E-state index is 5.39. The van der Waals surface area contributed by atoms with Gasteiger partial charge in [-0.2, -0.15) is 0 Å². The number of benzene rings is 7. The highest BCUT2D eigenvalue weighted by Gasteiger charge is 2.33. The van der Waals surface area contributed by atoms with Crippen molar-refractivity contribution >= 4 is 39.1 Å². The standard InChI is InChI=1S/C46H30N4/c1-4-17-31(18-5-1)34-26-16-27-38-42-36-24-11-14-29-40(36)50(46-47-39-28-13-10-23-35(39)43(48-46)32-19-6-2-7-20-32)41-30-15-12-25-37(41)45(42)49(44(34)38)33-21-8-3-9-22-33/h1-30H. The third kappa shape index (κ3) is 4.32. The summed E-state index contributed by atoms with van der Waals surface area (Å²) < 4.78 is 2.46. The smallest absolute Gasteiger partial charge is 0.235 e. The first-order valence-electron chi connectivity index (χ1n) is 16.9. The number of hydrogen-bond acceptors (Lipinski definition) is 3. The molecule has 50 heavy (non-hydrogen) atoms. The first-order chi connectivity index (χ1) is 24.8. The Hall–Kier alpha value is -6.78. The lowest BCUT2D eigenvalue weighted by Gasteiger charge is -2.26. The Kier molecular flexibility index (Phi) is 6.46. The quantitative estimate of drug-likeness (QED) is 0.192. The minimum atomic E-state index is 0.633. The highest BCUT2D eigenvalue weighted by molar-refractivity contribution is 6.15. The second-order valence-corrected chi connectivity index (χ2v) is 12.6. The minimum absolute atomic E-state index is 0.633. The summed E-state index contributed by atoms with van der Waals surface area (Å²) in [6.07, 6.45) is 0. The molecule has 0 bridgehead atoms. The van der Waals surface area contributed by atoms with Crippen LogP contribution in [-0.2, 0) is 0 Å². The van der Waals surface area contributed by atoms with Crippen LogP contribution in [0.4, 0.5) is 17.3 Å². The van der Waals surface area contributed by atoms with Crippen molar-refractivity contribution in [2.24, 2.45) is 0 Å². The van der Waals surface area contributed by atoms with Gasteiger partial charge in [0.2, 0.25) is 5.95 Å². The summed E-state index contributed by atoms with van der Waals surface area (Å²) in [4.78, 5) is 12.9. The Morgan fingerprint density at radius 2 is 0.960 bits per heavy atom. The van der Waals surface area contributed by atoms with Gasteiger partial charge in [0.05, 0.1) is 33.8 Å². The molecule has 0 fully saturated rings. The Labute approximate surface area is 290 Å². The summed E-state index contributed by atoms with van der Waals surface area (Å²) in [5, 5.41) is 2.22. The fourth-order valence-electron chi connectivity index (χ4n) is 7.63. The van der Waals surface area contributed by atoms with E-state index in [1.807, 2.05) is 12.1 Å². The van der Waals surface area contributed by atoms with E-state index >= 15 is 0 Å². The summed E-state index contributed by atoms with van der Waals surface area (Å²) in [7, 11) is 0. The van der Waals surface area contributed by atoms with Crippen molar-refractivity contribution in [2.75, 3.05) is 4.90 Å². The molecule has 0 N–H and O–H groups in total. The van der Waals surface area contributed by atoms with Gasteiger partial charge in [0.15, 0.2) is 0 Å². The summed E-state index contributed by atoms with van der Waals surface area (Å²) in [5.41, 5.74) is 14.2. The molecule has 7 aromatic carbocycles. The van der Waals surface area contributed by atoms with Crippen LogP contribution in [0.2, 0.25) is 0 Å². The molecule has 4 nitrogen and oxygen atoms in total. The average Bonchev–Trinajstić information content (AvgIpc) is 3.48. The van der Waals surface area contributed by atoms with Crippen LogP contribution >= 0.6 is 0 Å². The number of rotatable bonds is 4. The molecular weight excluding hydrogens is 609 g/mol. The third-order valence-electron chi connectivity index (χ3n) is 9.74. The molecule has 0 aliphatic carbocycles. The third-order valence-corrected chi connectivity index (χ3v) is 9.74. The Morgan fingerprint density at radius 1 is 0.400 bits per heavy atom.